The van der Waals surface area contributed by atoms with Crippen LogP contribution in [0.1, 0.15) is 43.4 Å². The van der Waals surface area contributed by atoms with E-state index < -0.39 is 5.60 Å². The number of hydrogen-bond acceptors (Lipinski definition) is 2. The summed E-state index contributed by atoms with van der Waals surface area (Å²) in [6.45, 7) is 2.08. The number of hydrogen-bond donors (Lipinski definition) is 1. The molecule has 1 aromatic heterocycles. The molecule has 3 saturated carbocycles. The minimum Gasteiger partial charge on any atom is -0.458 e. The van der Waals surface area contributed by atoms with Gasteiger partial charge in [-0.1, -0.05) is 24.6 Å². The Balaban J connectivity index is 1.61. The maximum Gasteiger partial charge on any atom is 0.137 e. The minimum absolute atomic E-state index is 0.427. The molecule has 0 radical (unpaired) electrons. The van der Waals surface area contributed by atoms with Gasteiger partial charge in [-0.3, -0.25) is 0 Å². The van der Waals surface area contributed by atoms with E-state index in [-0.39, 0.29) is 0 Å². The molecular weight excluding hydrogens is 260 g/mol. The molecule has 1 aromatic carbocycles. The lowest BCUT2D eigenvalue weighted by molar-refractivity contribution is -0.0659. The summed E-state index contributed by atoms with van der Waals surface area (Å²) in [5.74, 6) is 3.60. The number of furan rings is 1. The van der Waals surface area contributed by atoms with Gasteiger partial charge in [0.25, 0.3) is 0 Å². The van der Waals surface area contributed by atoms with Crippen LogP contribution >= 0.6 is 0 Å². The van der Waals surface area contributed by atoms with Crippen LogP contribution in [0, 0.1) is 30.6 Å². The van der Waals surface area contributed by atoms with E-state index in [1.807, 2.05) is 0 Å². The van der Waals surface area contributed by atoms with Crippen molar-refractivity contribution in [3.05, 3.63) is 35.6 Å². The molecular formula is C19H22O2. The average molecular weight is 282 g/mol. The lowest BCUT2D eigenvalue weighted by atomic mass is 9.72. The Morgan fingerprint density at radius 1 is 1.24 bits per heavy atom. The zero-order valence-corrected chi connectivity index (χ0v) is 12.5. The summed E-state index contributed by atoms with van der Waals surface area (Å²) in [7, 11) is 0. The predicted octanol–water partition coefficient (Wildman–Crippen LogP) is 4.38. The number of fused-ring (bicyclic) bond motifs is 6. The summed E-state index contributed by atoms with van der Waals surface area (Å²) >= 11 is 0. The second-order valence-electron chi connectivity index (χ2n) is 7.59. The monoisotopic (exact) mass is 282 g/mol. The second-order valence-corrected chi connectivity index (χ2v) is 7.59. The zero-order chi connectivity index (χ0) is 14.2. The van der Waals surface area contributed by atoms with E-state index in [2.05, 4.69) is 31.2 Å². The highest BCUT2D eigenvalue weighted by atomic mass is 16.4. The Morgan fingerprint density at radius 3 is 2.95 bits per heavy atom. The molecule has 3 aliphatic rings. The normalized spacial score (nSPS) is 41.0. The fraction of sp³-hybridized carbons (Fsp3) is 0.579. The number of para-hydroxylation sites is 1. The first-order valence-corrected chi connectivity index (χ1v) is 8.39. The maximum absolute atomic E-state index is 11.4. The Labute approximate surface area is 125 Å². The predicted molar refractivity (Wildman–Crippen MR) is 81.9 cm³/mol. The molecule has 2 aromatic rings. The lowest BCUT2D eigenvalue weighted by Gasteiger charge is -2.37. The van der Waals surface area contributed by atoms with E-state index in [4.69, 9.17) is 4.42 Å². The summed E-state index contributed by atoms with van der Waals surface area (Å²) < 4.78 is 6.14. The fourth-order valence-corrected chi connectivity index (χ4v) is 5.82. The minimum atomic E-state index is -0.707. The molecule has 0 amide bonds. The van der Waals surface area contributed by atoms with Gasteiger partial charge in [0.2, 0.25) is 0 Å². The molecule has 3 aliphatic carbocycles. The standard InChI is InChI=1S/C19H22O2/c1-11-4-2-5-12-9-17(21-18(11)12)19(20)10-13-8-16(19)15-7-3-6-14(13)15/h2,4-5,9,13-16,20H,3,6-8,10H2,1H3. The highest BCUT2D eigenvalue weighted by molar-refractivity contribution is 5.81. The van der Waals surface area contributed by atoms with Crippen molar-refractivity contribution in [3.63, 3.8) is 0 Å². The van der Waals surface area contributed by atoms with Crippen LogP contribution in [0.15, 0.2) is 28.7 Å². The van der Waals surface area contributed by atoms with Crippen molar-refractivity contribution in [1.29, 1.82) is 0 Å². The summed E-state index contributed by atoms with van der Waals surface area (Å²) in [6, 6.07) is 8.32. The molecule has 5 atom stereocenters. The third kappa shape index (κ3) is 1.47. The Kier molecular flexibility index (Phi) is 2.29. The Bertz CT molecular complexity index is 715. The molecule has 0 spiro atoms. The van der Waals surface area contributed by atoms with Crippen LogP contribution in [0.4, 0.5) is 0 Å². The van der Waals surface area contributed by atoms with Crippen molar-refractivity contribution >= 4 is 11.0 Å². The van der Waals surface area contributed by atoms with Crippen LogP contribution in [0.25, 0.3) is 11.0 Å². The van der Waals surface area contributed by atoms with Crippen LogP contribution in [-0.4, -0.2) is 5.11 Å². The molecule has 0 saturated heterocycles. The second kappa shape index (κ2) is 3.92. The third-order valence-corrected chi connectivity index (χ3v) is 6.66. The summed E-state index contributed by atoms with van der Waals surface area (Å²) in [5, 5.41) is 12.5. The summed E-state index contributed by atoms with van der Waals surface area (Å²) in [4.78, 5) is 0. The van der Waals surface area contributed by atoms with Crippen molar-refractivity contribution in [2.24, 2.45) is 23.7 Å². The van der Waals surface area contributed by atoms with Crippen LogP contribution in [-0.2, 0) is 5.60 Å². The first kappa shape index (κ1) is 12.3. The fourth-order valence-electron chi connectivity index (χ4n) is 5.82. The van der Waals surface area contributed by atoms with E-state index in [1.54, 1.807) is 0 Å². The van der Waals surface area contributed by atoms with E-state index >= 15 is 0 Å². The molecule has 5 unspecified atom stereocenters. The Morgan fingerprint density at radius 2 is 2.10 bits per heavy atom. The maximum atomic E-state index is 11.4. The molecule has 3 fully saturated rings. The first-order valence-electron chi connectivity index (χ1n) is 8.39. The largest absolute Gasteiger partial charge is 0.458 e. The van der Waals surface area contributed by atoms with Gasteiger partial charge in [0.15, 0.2) is 0 Å². The quantitative estimate of drug-likeness (QED) is 0.841. The summed E-state index contributed by atoms with van der Waals surface area (Å²) in [5.41, 5.74) is 1.40. The van der Waals surface area contributed by atoms with Crippen LogP contribution in [0.3, 0.4) is 0 Å². The van der Waals surface area contributed by atoms with Gasteiger partial charge < -0.3 is 9.52 Å². The van der Waals surface area contributed by atoms with Gasteiger partial charge in [0.05, 0.1) is 0 Å². The third-order valence-electron chi connectivity index (χ3n) is 6.66. The first-order chi connectivity index (χ1) is 10.2. The van der Waals surface area contributed by atoms with Crippen LogP contribution in [0.2, 0.25) is 0 Å². The number of aliphatic hydroxyl groups is 1. The van der Waals surface area contributed by atoms with Crippen molar-refractivity contribution < 1.29 is 9.52 Å². The van der Waals surface area contributed by atoms with Crippen molar-refractivity contribution in [2.75, 3.05) is 0 Å². The number of rotatable bonds is 1. The van der Waals surface area contributed by atoms with E-state index in [0.29, 0.717) is 5.92 Å². The highest BCUT2D eigenvalue weighted by Gasteiger charge is 2.62. The van der Waals surface area contributed by atoms with E-state index in [0.717, 1.165) is 46.5 Å². The van der Waals surface area contributed by atoms with Crippen molar-refractivity contribution in [1.82, 2.24) is 0 Å². The molecule has 2 heteroatoms. The smallest absolute Gasteiger partial charge is 0.137 e. The van der Waals surface area contributed by atoms with E-state index in [9.17, 15) is 5.11 Å². The van der Waals surface area contributed by atoms with Gasteiger partial charge in [0.1, 0.15) is 16.9 Å². The topological polar surface area (TPSA) is 33.4 Å². The van der Waals surface area contributed by atoms with Gasteiger partial charge >= 0.3 is 0 Å². The zero-order valence-electron chi connectivity index (χ0n) is 12.5. The molecule has 2 bridgehead atoms. The van der Waals surface area contributed by atoms with Crippen LogP contribution < -0.4 is 0 Å². The van der Waals surface area contributed by atoms with Gasteiger partial charge in [-0.15, -0.1) is 0 Å². The Hall–Kier alpha value is -1.28. The number of benzene rings is 1. The van der Waals surface area contributed by atoms with Gasteiger partial charge in [-0.05, 0) is 67.9 Å². The molecule has 1 N–H and O–H groups in total. The van der Waals surface area contributed by atoms with Gasteiger partial charge in [0, 0.05) is 5.39 Å². The lowest BCUT2D eigenvalue weighted by Crippen LogP contribution is -2.38. The number of aryl methyl sites for hydroxylation is 1. The molecule has 110 valence electrons. The SMILES string of the molecule is Cc1cccc2cc(C3(O)CC4CC3C3CCCC43)oc12. The van der Waals surface area contributed by atoms with E-state index in [1.165, 1.54) is 25.7 Å². The average Bonchev–Trinajstić information content (AvgIpc) is 3.18. The van der Waals surface area contributed by atoms with Crippen LogP contribution in [0.5, 0.6) is 0 Å². The molecule has 5 rings (SSSR count). The molecule has 1 heterocycles. The van der Waals surface area contributed by atoms with Gasteiger partial charge in [-0.25, -0.2) is 0 Å². The van der Waals surface area contributed by atoms with Crippen molar-refractivity contribution in [2.45, 2.75) is 44.6 Å². The van der Waals surface area contributed by atoms with Gasteiger partial charge in [-0.2, -0.15) is 0 Å². The molecule has 2 nitrogen and oxygen atoms in total. The van der Waals surface area contributed by atoms with Crippen molar-refractivity contribution in [3.8, 4) is 0 Å². The molecule has 21 heavy (non-hydrogen) atoms. The summed E-state index contributed by atoms with van der Waals surface area (Å²) in [6.07, 6.45) is 6.19. The highest BCUT2D eigenvalue weighted by Crippen LogP contribution is 2.65. The molecule has 0 aliphatic heterocycles.